The highest BCUT2D eigenvalue weighted by Gasteiger charge is 2.31. The van der Waals surface area contributed by atoms with E-state index < -0.39 is 0 Å². The molecule has 1 N–H and O–H groups in total. The van der Waals surface area contributed by atoms with Gasteiger partial charge < -0.3 is 0 Å². The molecule has 20 heavy (non-hydrogen) atoms. The normalized spacial score (nSPS) is 13.9. The fraction of sp³-hybridized carbons (Fsp3) is 0.0588. The van der Waals surface area contributed by atoms with Gasteiger partial charge in [0.15, 0.2) is 5.78 Å². The predicted octanol–water partition coefficient (Wildman–Crippen LogP) is 3.13. The maximum absolute atomic E-state index is 12.6. The summed E-state index contributed by atoms with van der Waals surface area (Å²) in [6.07, 6.45) is 3.72. The summed E-state index contributed by atoms with van der Waals surface area (Å²) in [5.41, 5.74) is 4.77. The van der Waals surface area contributed by atoms with Crippen LogP contribution < -0.4 is 0 Å². The second-order valence-corrected chi connectivity index (χ2v) is 4.97. The van der Waals surface area contributed by atoms with Crippen molar-refractivity contribution in [3.8, 4) is 0 Å². The number of hydrogen-bond donors (Lipinski definition) is 1. The minimum Gasteiger partial charge on any atom is -0.289 e. The number of hydrogen-bond acceptors (Lipinski definition) is 2. The molecule has 0 saturated heterocycles. The number of fused-ring (bicyclic) bond motifs is 2. The molecule has 0 fully saturated rings. The maximum Gasteiger partial charge on any atom is 0.193 e. The zero-order chi connectivity index (χ0) is 13.5. The summed E-state index contributed by atoms with van der Waals surface area (Å²) < 4.78 is 0. The number of benzene rings is 2. The van der Waals surface area contributed by atoms with Crippen molar-refractivity contribution in [1.29, 1.82) is 0 Å². The minimum atomic E-state index is 0.0684. The van der Waals surface area contributed by atoms with Crippen LogP contribution in [0.3, 0.4) is 0 Å². The van der Waals surface area contributed by atoms with Crippen molar-refractivity contribution in [2.45, 2.75) is 5.92 Å². The second-order valence-electron chi connectivity index (χ2n) is 4.97. The van der Waals surface area contributed by atoms with Crippen LogP contribution in [0.15, 0.2) is 60.9 Å². The lowest BCUT2D eigenvalue weighted by Gasteiger charge is -2.26. The van der Waals surface area contributed by atoms with Crippen LogP contribution >= 0.6 is 0 Å². The number of nitrogens with one attached hydrogen (secondary N) is 1. The Hall–Kier alpha value is -2.68. The van der Waals surface area contributed by atoms with E-state index in [0.717, 1.165) is 27.8 Å². The Balaban J connectivity index is 2.04. The van der Waals surface area contributed by atoms with E-state index in [1.54, 1.807) is 0 Å². The van der Waals surface area contributed by atoms with E-state index in [9.17, 15) is 4.79 Å². The predicted molar refractivity (Wildman–Crippen MR) is 75.8 cm³/mol. The van der Waals surface area contributed by atoms with Crippen molar-refractivity contribution in [3.05, 3.63) is 88.7 Å². The van der Waals surface area contributed by atoms with Gasteiger partial charge in [0, 0.05) is 28.8 Å². The number of ketones is 1. The number of aromatic nitrogens is 2. The van der Waals surface area contributed by atoms with Gasteiger partial charge in [0.2, 0.25) is 0 Å². The van der Waals surface area contributed by atoms with Gasteiger partial charge in [-0.3, -0.25) is 9.89 Å². The average Bonchev–Trinajstić information content (AvgIpc) is 3.02. The molecule has 0 spiro atoms. The molecule has 0 atom stereocenters. The number of carbonyl (C=O) groups is 1. The van der Waals surface area contributed by atoms with Gasteiger partial charge in [-0.2, -0.15) is 5.10 Å². The topological polar surface area (TPSA) is 45.8 Å². The first-order chi connectivity index (χ1) is 9.86. The Morgan fingerprint density at radius 2 is 1.50 bits per heavy atom. The fourth-order valence-electron chi connectivity index (χ4n) is 3.00. The van der Waals surface area contributed by atoms with Crippen LogP contribution in [0.1, 0.15) is 38.5 Å². The molecule has 1 aliphatic rings. The summed E-state index contributed by atoms with van der Waals surface area (Å²) in [4.78, 5) is 12.6. The smallest absolute Gasteiger partial charge is 0.193 e. The molecule has 3 nitrogen and oxygen atoms in total. The largest absolute Gasteiger partial charge is 0.289 e. The van der Waals surface area contributed by atoms with Crippen LogP contribution in [0.5, 0.6) is 0 Å². The highest BCUT2D eigenvalue weighted by atomic mass is 16.1. The van der Waals surface area contributed by atoms with E-state index in [0.29, 0.717) is 0 Å². The third-order valence-electron chi connectivity index (χ3n) is 3.89. The Bertz CT molecular complexity index is 741. The van der Waals surface area contributed by atoms with E-state index in [1.165, 1.54) is 0 Å². The highest BCUT2D eigenvalue weighted by Crippen LogP contribution is 2.40. The number of nitrogens with zero attached hydrogens (tertiary/aromatic N) is 1. The first-order valence-electron chi connectivity index (χ1n) is 6.57. The Labute approximate surface area is 116 Å². The SMILES string of the molecule is O=C1c2ccccc2C(c2cn[nH]c2)c2ccccc21. The van der Waals surface area contributed by atoms with Crippen LogP contribution in [-0.2, 0) is 0 Å². The zero-order valence-corrected chi connectivity index (χ0v) is 10.7. The summed E-state index contributed by atoms with van der Waals surface area (Å²) in [7, 11) is 0. The molecular formula is C17H12N2O. The van der Waals surface area contributed by atoms with Gasteiger partial charge in [-0.15, -0.1) is 0 Å². The van der Waals surface area contributed by atoms with Crippen LogP contribution in [0, 0.1) is 0 Å². The molecule has 0 amide bonds. The van der Waals surface area contributed by atoms with Gasteiger partial charge in [-0.25, -0.2) is 0 Å². The van der Waals surface area contributed by atoms with Gasteiger partial charge >= 0.3 is 0 Å². The molecule has 4 rings (SSSR count). The van der Waals surface area contributed by atoms with Gasteiger partial charge in [-0.1, -0.05) is 48.5 Å². The lowest BCUT2D eigenvalue weighted by molar-refractivity contribution is 0.103. The third kappa shape index (κ3) is 1.46. The lowest BCUT2D eigenvalue weighted by Crippen LogP contribution is -2.19. The Morgan fingerprint density at radius 1 is 0.900 bits per heavy atom. The van der Waals surface area contributed by atoms with E-state index in [2.05, 4.69) is 10.2 Å². The molecule has 0 saturated carbocycles. The number of carbonyl (C=O) groups excluding carboxylic acids is 1. The molecular weight excluding hydrogens is 248 g/mol. The molecule has 1 aliphatic carbocycles. The molecule has 2 aromatic carbocycles. The molecule has 96 valence electrons. The van der Waals surface area contributed by atoms with Crippen molar-refractivity contribution in [2.24, 2.45) is 0 Å². The van der Waals surface area contributed by atoms with E-state index in [-0.39, 0.29) is 11.7 Å². The van der Waals surface area contributed by atoms with Crippen LogP contribution in [0.4, 0.5) is 0 Å². The zero-order valence-electron chi connectivity index (χ0n) is 10.7. The Morgan fingerprint density at radius 3 is 2.05 bits per heavy atom. The summed E-state index contributed by atoms with van der Waals surface area (Å²) in [6.45, 7) is 0. The summed E-state index contributed by atoms with van der Waals surface area (Å²) >= 11 is 0. The van der Waals surface area contributed by atoms with Crippen LogP contribution in [0.25, 0.3) is 0 Å². The van der Waals surface area contributed by atoms with Crippen molar-refractivity contribution in [3.63, 3.8) is 0 Å². The number of H-pyrrole nitrogens is 1. The molecule has 0 unspecified atom stereocenters. The molecule has 0 bridgehead atoms. The molecule has 1 aromatic heterocycles. The molecule has 0 aliphatic heterocycles. The van der Waals surface area contributed by atoms with Gasteiger partial charge in [0.1, 0.15) is 0 Å². The molecule has 3 aromatic rings. The number of rotatable bonds is 1. The molecule has 3 heteroatoms. The summed E-state index contributed by atoms with van der Waals surface area (Å²) in [6, 6.07) is 15.7. The van der Waals surface area contributed by atoms with E-state index >= 15 is 0 Å². The molecule has 0 radical (unpaired) electrons. The monoisotopic (exact) mass is 260 g/mol. The van der Waals surface area contributed by atoms with E-state index in [4.69, 9.17) is 0 Å². The van der Waals surface area contributed by atoms with Crippen molar-refractivity contribution in [2.75, 3.05) is 0 Å². The van der Waals surface area contributed by atoms with Crippen molar-refractivity contribution >= 4 is 5.78 Å². The third-order valence-corrected chi connectivity index (χ3v) is 3.89. The minimum absolute atomic E-state index is 0.0684. The number of aromatic amines is 1. The van der Waals surface area contributed by atoms with Crippen molar-refractivity contribution < 1.29 is 4.79 Å². The maximum atomic E-state index is 12.6. The molecule has 1 heterocycles. The summed E-state index contributed by atoms with van der Waals surface area (Å²) in [5, 5.41) is 6.92. The fourth-order valence-corrected chi connectivity index (χ4v) is 3.00. The van der Waals surface area contributed by atoms with Gasteiger partial charge in [-0.05, 0) is 11.1 Å². The van der Waals surface area contributed by atoms with Crippen LogP contribution in [0.2, 0.25) is 0 Å². The highest BCUT2D eigenvalue weighted by molar-refractivity contribution is 6.13. The van der Waals surface area contributed by atoms with Gasteiger partial charge in [0.25, 0.3) is 0 Å². The van der Waals surface area contributed by atoms with Crippen molar-refractivity contribution in [1.82, 2.24) is 10.2 Å². The second kappa shape index (κ2) is 4.17. The standard InChI is InChI=1S/C17H12N2O/c20-17-14-7-3-1-5-12(14)16(11-9-18-19-10-11)13-6-2-4-8-15(13)17/h1-10,16H,(H,18,19). The first kappa shape index (κ1) is 11.2. The van der Waals surface area contributed by atoms with Gasteiger partial charge in [0.05, 0.1) is 6.20 Å². The summed E-state index contributed by atoms with van der Waals surface area (Å²) in [5.74, 6) is 0.176. The van der Waals surface area contributed by atoms with E-state index in [1.807, 2.05) is 60.9 Å². The van der Waals surface area contributed by atoms with Crippen LogP contribution in [-0.4, -0.2) is 16.0 Å². The average molecular weight is 260 g/mol. The quantitative estimate of drug-likeness (QED) is 0.571. The lowest BCUT2D eigenvalue weighted by atomic mass is 9.75. The first-order valence-corrected chi connectivity index (χ1v) is 6.57. The Kier molecular flexibility index (Phi) is 2.33.